The third-order valence-corrected chi connectivity index (χ3v) is 3.07. The third kappa shape index (κ3) is 3.19. The molecular weight excluding hydrogens is 269 g/mol. The molecule has 2 aromatic rings. The molecule has 1 aromatic heterocycles. The quantitative estimate of drug-likeness (QED) is 0.939. The highest BCUT2D eigenvalue weighted by Gasteiger charge is 2.30. The predicted octanol–water partition coefficient (Wildman–Crippen LogP) is 3.25. The molecule has 20 heavy (non-hydrogen) atoms. The number of hydrogen-bond acceptors (Lipinski definition) is 2. The van der Waals surface area contributed by atoms with Gasteiger partial charge >= 0.3 is 6.18 Å². The predicted molar refractivity (Wildman–Crippen MR) is 68.1 cm³/mol. The molecule has 0 fully saturated rings. The number of nitrogens with zero attached hydrogens (tertiary/aromatic N) is 2. The number of benzene rings is 1. The van der Waals surface area contributed by atoms with Crippen LogP contribution in [0.15, 0.2) is 30.3 Å². The first-order valence-corrected chi connectivity index (χ1v) is 6.13. The zero-order valence-electron chi connectivity index (χ0n) is 11.1. The van der Waals surface area contributed by atoms with Crippen molar-refractivity contribution in [2.24, 2.45) is 0 Å². The second-order valence-electron chi connectivity index (χ2n) is 4.74. The van der Waals surface area contributed by atoms with Crippen molar-refractivity contribution in [2.45, 2.75) is 32.7 Å². The van der Waals surface area contributed by atoms with E-state index >= 15 is 0 Å². The molecule has 0 aliphatic carbocycles. The Bertz CT molecular complexity index is 587. The van der Waals surface area contributed by atoms with E-state index in [2.05, 4.69) is 5.10 Å². The van der Waals surface area contributed by atoms with Gasteiger partial charge in [-0.1, -0.05) is 12.1 Å². The summed E-state index contributed by atoms with van der Waals surface area (Å²) in [6, 6.07) is 6.40. The summed E-state index contributed by atoms with van der Waals surface area (Å²) in [5.74, 6) is 0. The minimum atomic E-state index is -4.36. The van der Waals surface area contributed by atoms with Gasteiger partial charge < -0.3 is 5.11 Å². The van der Waals surface area contributed by atoms with E-state index < -0.39 is 17.8 Å². The molecule has 1 aromatic carbocycles. The highest BCUT2D eigenvalue weighted by atomic mass is 19.4. The van der Waals surface area contributed by atoms with Gasteiger partial charge in [-0.25, -0.2) is 0 Å². The zero-order valence-corrected chi connectivity index (χ0v) is 11.1. The van der Waals surface area contributed by atoms with Crippen LogP contribution < -0.4 is 0 Å². The summed E-state index contributed by atoms with van der Waals surface area (Å²) in [7, 11) is 0. The lowest BCUT2D eigenvalue weighted by Crippen LogP contribution is -2.12. The molecule has 0 spiro atoms. The molecule has 2 rings (SSSR count). The average molecular weight is 284 g/mol. The SMILES string of the molecule is Cc1cc(C)n(C[C@H](O)c2ccc(C(F)(F)F)cc2)n1. The fourth-order valence-electron chi connectivity index (χ4n) is 2.02. The second kappa shape index (κ2) is 5.28. The molecule has 1 heterocycles. The van der Waals surface area contributed by atoms with Crippen LogP contribution in [0.1, 0.15) is 28.6 Å². The summed E-state index contributed by atoms with van der Waals surface area (Å²) in [5.41, 5.74) is 1.45. The van der Waals surface area contributed by atoms with Crippen molar-refractivity contribution in [1.29, 1.82) is 0 Å². The Hall–Kier alpha value is -1.82. The summed E-state index contributed by atoms with van der Waals surface area (Å²) < 4.78 is 39.0. The number of aliphatic hydroxyl groups excluding tert-OH is 1. The number of alkyl halides is 3. The van der Waals surface area contributed by atoms with Crippen LogP contribution in [0.2, 0.25) is 0 Å². The molecule has 1 atom stereocenters. The molecule has 1 N–H and O–H groups in total. The van der Waals surface area contributed by atoms with E-state index in [0.717, 1.165) is 23.5 Å². The minimum absolute atomic E-state index is 0.213. The van der Waals surface area contributed by atoms with Crippen molar-refractivity contribution >= 4 is 0 Å². The molecule has 0 radical (unpaired) electrons. The Balaban J connectivity index is 2.13. The van der Waals surface area contributed by atoms with Gasteiger partial charge in [0.1, 0.15) is 0 Å². The number of aryl methyl sites for hydroxylation is 2. The van der Waals surface area contributed by atoms with Gasteiger partial charge in [0, 0.05) is 5.69 Å². The Kier molecular flexibility index (Phi) is 3.85. The maximum absolute atomic E-state index is 12.4. The summed E-state index contributed by atoms with van der Waals surface area (Å²) in [5, 5.41) is 14.3. The summed E-state index contributed by atoms with van der Waals surface area (Å²) in [4.78, 5) is 0. The van der Waals surface area contributed by atoms with Crippen molar-refractivity contribution in [3.8, 4) is 0 Å². The van der Waals surface area contributed by atoms with Crippen LogP contribution in [-0.4, -0.2) is 14.9 Å². The van der Waals surface area contributed by atoms with E-state index in [1.807, 2.05) is 19.9 Å². The molecule has 108 valence electrons. The van der Waals surface area contributed by atoms with Crippen LogP contribution in [-0.2, 0) is 12.7 Å². The van der Waals surface area contributed by atoms with Gasteiger partial charge in [0.05, 0.1) is 23.9 Å². The van der Waals surface area contributed by atoms with E-state index in [-0.39, 0.29) is 6.54 Å². The van der Waals surface area contributed by atoms with Crippen LogP contribution in [0.5, 0.6) is 0 Å². The smallest absolute Gasteiger partial charge is 0.386 e. The largest absolute Gasteiger partial charge is 0.416 e. The molecule has 0 saturated carbocycles. The van der Waals surface area contributed by atoms with E-state index in [4.69, 9.17) is 0 Å². The summed E-state index contributed by atoms with van der Waals surface area (Å²) >= 11 is 0. The van der Waals surface area contributed by atoms with Crippen molar-refractivity contribution in [1.82, 2.24) is 9.78 Å². The Morgan fingerprint density at radius 3 is 2.25 bits per heavy atom. The Labute approximate surface area is 114 Å². The number of rotatable bonds is 3. The van der Waals surface area contributed by atoms with Gasteiger partial charge in [-0.15, -0.1) is 0 Å². The average Bonchev–Trinajstić information content (AvgIpc) is 2.67. The molecule has 0 bridgehead atoms. The van der Waals surface area contributed by atoms with Crippen LogP contribution in [0.4, 0.5) is 13.2 Å². The lowest BCUT2D eigenvalue weighted by atomic mass is 10.1. The monoisotopic (exact) mass is 284 g/mol. The normalized spacial score (nSPS) is 13.5. The molecule has 0 aliphatic rings. The molecule has 0 saturated heterocycles. The van der Waals surface area contributed by atoms with Gasteiger partial charge in [0.25, 0.3) is 0 Å². The van der Waals surface area contributed by atoms with Crippen molar-refractivity contribution < 1.29 is 18.3 Å². The van der Waals surface area contributed by atoms with E-state index in [1.54, 1.807) is 4.68 Å². The highest BCUT2D eigenvalue weighted by Crippen LogP contribution is 2.30. The van der Waals surface area contributed by atoms with Crippen LogP contribution in [0.25, 0.3) is 0 Å². The van der Waals surface area contributed by atoms with Crippen molar-refractivity contribution in [3.05, 3.63) is 52.8 Å². The van der Waals surface area contributed by atoms with Gasteiger partial charge in [0.2, 0.25) is 0 Å². The number of hydrogen-bond donors (Lipinski definition) is 1. The molecule has 6 heteroatoms. The van der Waals surface area contributed by atoms with E-state index in [0.29, 0.717) is 5.56 Å². The fourth-order valence-corrected chi connectivity index (χ4v) is 2.02. The van der Waals surface area contributed by atoms with Gasteiger partial charge in [-0.05, 0) is 37.6 Å². The van der Waals surface area contributed by atoms with Crippen molar-refractivity contribution in [3.63, 3.8) is 0 Å². The summed E-state index contributed by atoms with van der Waals surface area (Å²) in [6.45, 7) is 3.92. The zero-order chi connectivity index (χ0) is 14.9. The van der Waals surface area contributed by atoms with Gasteiger partial charge in [-0.2, -0.15) is 18.3 Å². The number of aromatic nitrogens is 2. The maximum atomic E-state index is 12.4. The first-order chi connectivity index (χ1) is 9.27. The van der Waals surface area contributed by atoms with Crippen LogP contribution in [0.3, 0.4) is 0 Å². The Morgan fingerprint density at radius 2 is 1.80 bits per heavy atom. The third-order valence-electron chi connectivity index (χ3n) is 3.07. The molecule has 0 aliphatic heterocycles. The molecule has 3 nitrogen and oxygen atoms in total. The van der Waals surface area contributed by atoms with Gasteiger partial charge in [0.15, 0.2) is 0 Å². The van der Waals surface area contributed by atoms with Crippen LogP contribution >= 0.6 is 0 Å². The first kappa shape index (κ1) is 14.6. The molecule has 0 amide bonds. The maximum Gasteiger partial charge on any atom is 0.416 e. The van der Waals surface area contributed by atoms with Crippen LogP contribution in [0, 0.1) is 13.8 Å². The number of aliphatic hydroxyl groups is 1. The molecule has 0 unspecified atom stereocenters. The topological polar surface area (TPSA) is 38.0 Å². The number of halogens is 3. The molecular formula is C14H15F3N2O. The standard InChI is InChI=1S/C14H15F3N2O/c1-9-7-10(2)19(18-9)8-13(20)11-3-5-12(6-4-11)14(15,16)17/h3-7,13,20H,8H2,1-2H3/t13-/m0/s1. The first-order valence-electron chi connectivity index (χ1n) is 6.13. The van der Waals surface area contributed by atoms with E-state index in [1.165, 1.54) is 12.1 Å². The fraction of sp³-hybridized carbons (Fsp3) is 0.357. The summed E-state index contributed by atoms with van der Waals surface area (Å²) in [6.07, 6.45) is -5.26. The minimum Gasteiger partial charge on any atom is -0.386 e. The highest BCUT2D eigenvalue weighted by molar-refractivity contribution is 5.26. The lowest BCUT2D eigenvalue weighted by molar-refractivity contribution is -0.137. The van der Waals surface area contributed by atoms with Crippen molar-refractivity contribution in [2.75, 3.05) is 0 Å². The Morgan fingerprint density at radius 1 is 1.20 bits per heavy atom. The van der Waals surface area contributed by atoms with E-state index in [9.17, 15) is 18.3 Å². The second-order valence-corrected chi connectivity index (χ2v) is 4.74. The lowest BCUT2D eigenvalue weighted by Gasteiger charge is -2.14. The van der Waals surface area contributed by atoms with Gasteiger partial charge in [-0.3, -0.25) is 4.68 Å².